The van der Waals surface area contributed by atoms with E-state index >= 15 is 0 Å². The third-order valence-corrected chi connectivity index (χ3v) is 3.97. The normalized spacial score (nSPS) is 12.7. The molecule has 0 aliphatic rings. The molecule has 4 heteroatoms. The van der Waals surface area contributed by atoms with Crippen LogP contribution in [0.2, 0.25) is 0 Å². The maximum absolute atomic E-state index is 11.7. The van der Waals surface area contributed by atoms with E-state index in [4.69, 9.17) is 0 Å². The summed E-state index contributed by atoms with van der Waals surface area (Å²) in [7, 11) is -3.06. The molecule has 0 N–H and O–H groups in total. The van der Waals surface area contributed by atoms with E-state index in [0.717, 1.165) is 12.8 Å². The Morgan fingerprint density at radius 3 is 2.29 bits per heavy atom. The fourth-order valence-corrected chi connectivity index (χ4v) is 2.92. The third-order valence-electron chi connectivity index (χ3n) is 2.07. The van der Waals surface area contributed by atoms with Crippen molar-refractivity contribution in [1.82, 2.24) is 4.31 Å². The number of nitrogens with zero attached hydrogens (tertiary/aromatic N) is 1. The van der Waals surface area contributed by atoms with Crippen LogP contribution in [-0.2, 0) is 10.0 Å². The molecule has 0 rings (SSSR count). The van der Waals surface area contributed by atoms with Gasteiger partial charge in [0.25, 0.3) is 0 Å². The van der Waals surface area contributed by atoms with Crippen molar-refractivity contribution >= 4 is 10.0 Å². The molecule has 0 fully saturated rings. The zero-order valence-corrected chi connectivity index (χ0v) is 10.3. The van der Waals surface area contributed by atoms with E-state index in [0.29, 0.717) is 19.0 Å². The lowest BCUT2D eigenvalue weighted by atomic mass is 10.2. The molecule has 3 nitrogen and oxygen atoms in total. The van der Waals surface area contributed by atoms with Gasteiger partial charge in [0.05, 0.1) is 5.75 Å². The highest BCUT2D eigenvalue weighted by Crippen LogP contribution is 2.08. The van der Waals surface area contributed by atoms with E-state index in [1.807, 2.05) is 20.8 Å². The number of rotatable bonds is 7. The molecule has 0 aromatic carbocycles. The molecular formula is C10H22NO2S. The van der Waals surface area contributed by atoms with E-state index in [1.165, 1.54) is 4.31 Å². The lowest BCUT2D eigenvalue weighted by molar-refractivity contribution is 0.436. The van der Waals surface area contributed by atoms with Crippen LogP contribution in [0.15, 0.2) is 0 Å². The van der Waals surface area contributed by atoms with Crippen molar-refractivity contribution in [2.45, 2.75) is 33.6 Å². The Morgan fingerprint density at radius 2 is 1.93 bits per heavy atom. The van der Waals surface area contributed by atoms with Crippen LogP contribution in [0.1, 0.15) is 33.6 Å². The average molecular weight is 220 g/mol. The summed E-state index contributed by atoms with van der Waals surface area (Å²) >= 11 is 0. The predicted molar refractivity (Wildman–Crippen MR) is 60.5 cm³/mol. The van der Waals surface area contributed by atoms with Crippen molar-refractivity contribution in [1.29, 1.82) is 0 Å². The molecule has 0 unspecified atom stereocenters. The molecule has 0 aliphatic heterocycles. The van der Waals surface area contributed by atoms with Crippen LogP contribution in [0.25, 0.3) is 0 Å². The molecule has 0 atom stereocenters. The summed E-state index contributed by atoms with van der Waals surface area (Å²) in [5.74, 6) is 0.679. The maximum Gasteiger partial charge on any atom is 0.214 e. The largest absolute Gasteiger partial charge is 0.214 e. The van der Waals surface area contributed by atoms with Gasteiger partial charge in [0.15, 0.2) is 0 Å². The van der Waals surface area contributed by atoms with Gasteiger partial charge in [-0.05, 0) is 25.7 Å². The van der Waals surface area contributed by atoms with Crippen molar-refractivity contribution in [2.24, 2.45) is 5.92 Å². The van der Waals surface area contributed by atoms with E-state index < -0.39 is 10.0 Å². The quantitative estimate of drug-likeness (QED) is 0.657. The smallest absolute Gasteiger partial charge is 0.212 e. The zero-order valence-electron chi connectivity index (χ0n) is 9.49. The first-order valence-corrected chi connectivity index (χ1v) is 6.82. The minimum absolute atomic E-state index is 0.250. The molecule has 0 aromatic heterocycles. The summed E-state index contributed by atoms with van der Waals surface area (Å²) in [4.78, 5) is 0. The summed E-state index contributed by atoms with van der Waals surface area (Å²) in [6, 6.07) is 0. The van der Waals surface area contributed by atoms with Gasteiger partial charge in [-0.2, -0.15) is 0 Å². The maximum atomic E-state index is 11.7. The van der Waals surface area contributed by atoms with Gasteiger partial charge in [0.1, 0.15) is 0 Å². The highest BCUT2D eigenvalue weighted by molar-refractivity contribution is 7.89. The Balaban J connectivity index is 4.27. The van der Waals surface area contributed by atoms with Crippen LogP contribution >= 0.6 is 0 Å². The number of sulfonamides is 1. The molecule has 0 aliphatic carbocycles. The Bertz CT molecular complexity index is 235. The Hall–Kier alpha value is -0.0900. The Kier molecular flexibility index (Phi) is 6.36. The van der Waals surface area contributed by atoms with Crippen LogP contribution in [-0.4, -0.2) is 31.6 Å². The molecule has 0 saturated carbocycles. The van der Waals surface area contributed by atoms with Gasteiger partial charge in [-0.25, -0.2) is 12.7 Å². The molecule has 0 heterocycles. The van der Waals surface area contributed by atoms with Crippen LogP contribution in [0.3, 0.4) is 0 Å². The van der Waals surface area contributed by atoms with Crippen molar-refractivity contribution in [3.8, 4) is 0 Å². The van der Waals surface area contributed by atoms with Gasteiger partial charge >= 0.3 is 0 Å². The zero-order chi connectivity index (χ0) is 11.2. The topological polar surface area (TPSA) is 37.4 Å². The third kappa shape index (κ3) is 4.96. The molecular weight excluding hydrogens is 198 g/mol. The predicted octanol–water partition coefficient (Wildman–Crippen LogP) is 1.91. The molecule has 85 valence electrons. The van der Waals surface area contributed by atoms with Gasteiger partial charge in [-0.1, -0.05) is 20.8 Å². The average Bonchev–Trinajstić information content (AvgIpc) is 2.11. The van der Waals surface area contributed by atoms with E-state index in [1.54, 1.807) is 0 Å². The second kappa shape index (κ2) is 6.40. The van der Waals surface area contributed by atoms with Crippen molar-refractivity contribution < 1.29 is 8.42 Å². The van der Waals surface area contributed by atoms with E-state index in [9.17, 15) is 8.42 Å². The van der Waals surface area contributed by atoms with Gasteiger partial charge in [-0.3, -0.25) is 0 Å². The molecule has 0 spiro atoms. The first-order chi connectivity index (χ1) is 6.44. The van der Waals surface area contributed by atoms with E-state index in [2.05, 4.69) is 6.92 Å². The fraction of sp³-hybridized carbons (Fsp3) is 0.900. The second-order valence-corrected chi connectivity index (χ2v) is 5.99. The second-order valence-electron chi connectivity index (χ2n) is 3.90. The molecule has 0 aromatic rings. The molecule has 0 bridgehead atoms. The minimum Gasteiger partial charge on any atom is -0.212 e. The van der Waals surface area contributed by atoms with Crippen LogP contribution in [0.4, 0.5) is 0 Å². The highest BCUT2D eigenvalue weighted by atomic mass is 32.2. The van der Waals surface area contributed by atoms with Crippen molar-refractivity contribution in [3.63, 3.8) is 0 Å². The fourth-order valence-electron chi connectivity index (χ4n) is 1.15. The monoisotopic (exact) mass is 220 g/mol. The minimum atomic E-state index is -3.06. The molecule has 1 radical (unpaired) electrons. The molecule has 0 amide bonds. The number of hydrogen-bond donors (Lipinski definition) is 0. The first kappa shape index (κ1) is 13.9. The summed E-state index contributed by atoms with van der Waals surface area (Å²) in [6.07, 6.45) is 1.57. The summed E-state index contributed by atoms with van der Waals surface area (Å²) < 4.78 is 25.0. The first-order valence-electron chi connectivity index (χ1n) is 5.21. The Morgan fingerprint density at radius 1 is 1.36 bits per heavy atom. The SMILES string of the molecule is [CH2]CN(CCC)S(=O)(=O)CCC(C)C. The lowest BCUT2D eigenvalue weighted by Crippen LogP contribution is -2.34. The van der Waals surface area contributed by atoms with E-state index in [-0.39, 0.29) is 5.75 Å². The highest BCUT2D eigenvalue weighted by Gasteiger charge is 2.19. The molecule has 14 heavy (non-hydrogen) atoms. The summed E-state index contributed by atoms with van der Waals surface area (Å²) in [6.45, 7) is 10.6. The van der Waals surface area contributed by atoms with Crippen LogP contribution in [0, 0.1) is 12.8 Å². The van der Waals surface area contributed by atoms with Gasteiger partial charge in [-0.15, -0.1) is 0 Å². The van der Waals surface area contributed by atoms with Crippen molar-refractivity contribution in [3.05, 3.63) is 6.92 Å². The number of hydrogen-bond acceptors (Lipinski definition) is 2. The standard InChI is InChI=1S/C10H22NO2S/c1-5-8-11(6-2)14(12,13)9-7-10(3)4/h10H,2,5-9H2,1,3-4H3. The van der Waals surface area contributed by atoms with Crippen LogP contribution < -0.4 is 0 Å². The Labute approximate surface area is 88.5 Å². The summed E-state index contributed by atoms with van der Waals surface area (Å²) in [5, 5.41) is 0. The van der Waals surface area contributed by atoms with Gasteiger partial charge < -0.3 is 0 Å². The van der Waals surface area contributed by atoms with Gasteiger partial charge in [0.2, 0.25) is 10.0 Å². The molecule has 0 saturated heterocycles. The lowest BCUT2D eigenvalue weighted by Gasteiger charge is -2.20. The van der Waals surface area contributed by atoms with Crippen molar-refractivity contribution in [2.75, 3.05) is 18.8 Å². The van der Waals surface area contributed by atoms with Crippen LogP contribution in [0.5, 0.6) is 0 Å². The summed E-state index contributed by atoms with van der Waals surface area (Å²) in [5.41, 5.74) is 0. The van der Waals surface area contributed by atoms with Gasteiger partial charge in [0, 0.05) is 13.1 Å².